The van der Waals surface area contributed by atoms with Gasteiger partial charge in [-0.25, -0.2) is 8.42 Å². The minimum atomic E-state index is -3.66. The molecule has 23 heavy (non-hydrogen) atoms. The average molecular weight is 383 g/mol. The predicted octanol–water partition coefficient (Wildman–Crippen LogP) is 1.91. The fraction of sp³-hybridized carbons (Fsp3) is 0.571. The summed E-state index contributed by atoms with van der Waals surface area (Å²) in [6.45, 7) is 2.47. The molecule has 0 amide bonds. The fourth-order valence-corrected chi connectivity index (χ4v) is 4.69. The maximum absolute atomic E-state index is 12.9. The number of fused-ring (bicyclic) bond motifs is 1. The van der Waals surface area contributed by atoms with Crippen LogP contribution in [-0.4, -0.2) is 52.1 Å². The zero-order valence-corrected chi connectivity index (χ0v) is 15.1. The summed E-state index contributed by atoms with van der Waals surface area (Å²) >= 11 is 6.17. The third kappa shape index (κ3) is 3.69. The number of benzene rings is 1. The van der Waals surface area contributed by atoms with Gasteiger partial charge in [0.1, 0.15) is 18.1 Å². The Labute approximate surface area is 147 Å². The van der Waals surface area contributed by atoms with E-state index >= 15 is 0 Å². The van der Waals surface area contributed by atoms with Crippen LogP contribution in [0.15, 0.2) is 17.0 Å². The first-order valence-corrected chi connectivity index (χ1v) is 9.10. The summed E-state index contributed by atoms with van der Waals surface area (Å²) in [5.74, 6) is 0.910. The van der Waals surface area contributed by atoms with E-state index in [2.05, 4.69) is 5.32 Å². The molecule has 0 aliphatic carbocycles. The van der Waals surface area contributed by atoms with Gasteiger partial charge in [-0.15, -0.1) is 12.4 Å². The van der Waals surface area contributed by atoms with Crippen molar-refractivity contribution in [2.75, 3.05) is 33.4 Å². The van der Waals surface area contributed by atoms with Crippen molar-refractivity contribution < 1.29 is 17.9 Å². The molecule has 0 radical (unpaired) electrons. The van der Waals surface area contributed by atoms with Crippen LogP contribution in [0.3, 0.4) is 0 Å². The van der Waals surface area contributed by atoms with Crippen LogP contribution in [0, 0.1) is 0 Å². The van der Waals surface area contributed by atoms with Gasteiger partial charge in [-0.2, -0.15) is 4.31 Å². The van der Waals surface area contributed by atoms with Crippen LogP contribution in [0.1, 0.15) is 12.8 Å². The summed E-state index contributed by atoms with van der Waals surface area (Å²) < 4.78 is 38.0. The molecule has 9 heteroatoms. The average Bonchev–Trinajstić information content (AvgIpc) is 2.54. The third-order valence-electron chi connectivity index (χ3n) is 4.08. The molecule has 0 saturated carbocycles. The number of nitrogens with one attached hydrogen (secondary N) is 1. The molecule has 1 saturated heterocycles. The lowest BCUT2D eigenvalue weighted by molar-refractivity contribution is 0.171. The van der Waals surface area contributed by atoms with Crippen molar-refractivity contribution in [3.8, 4) is 11.5 Å². The molecule has 2 aliphatic rings. The normalized spacial score (nSPS) is 18.6. The van der Waals surface area contributed by atoms with Gasteiger partial charge in [0, 0.05) is 25.2 Å². The highest BCUT2D eigenvalue weighted by molar-refractivity contribution is 7.89. The van der Waals surface area contributed by atoms with Gasteiger partial charge in [-0.3, -0.25) is 0 Å². The van der Waals surface area contributed by atoms with Crippen LogP contribution in [0.5, 0.6) is 11.5 Å². The van der Waals surface area contributed by atoms with Crippen molar-refractivity contribution in [3.63, 3.8) is 0 Å². The summed E-state index contributed by atoms with van der Waals surface area (Å²) in [6, 6.07) is 2.96. The molecule has 0 atom stereocenters. The summed E-state index contributed by atoms with van der Waals surface area (Å²) in [7, 11) is -2.06. The second-order valence-corrected chi connectivity index (χ2v) is 7.80. The van der Waals surface area contributed by atoms with Crippen LogP contribution < -0.4 is 14.8 Å². The van der Waals surface area contributed by atoms with Crippen molar-refractivity contribution in [1.29, 1.82) is 0 Å². The van der Waals surface area contributed by atoms with Crippen molar-refractivity contribution in [2.24, 2.45) is 0 Å². The minimum Gasteiger partial charge on any atom is -0.486 e. The van der Waals surface area contributed by atoms with Crippen LogP contribution in [0.4, 0.5) is 0 Å². The van der Waals surface area contributed by atoms with Gasteiger partial charge in [0.05, 0.1) is 5.02 Å². The van der Waals surface area contributed by atoms with Crippen LogP contribution in [0.25, 0.3) is 0 Å². The highest BCUT2D eigenvalue weighted by Crippen LogP contribution is 2.38. The lowest BCUT2D eigenvalue weighted by Crippen LogP contribution is -2.43. The number of halogens is 2. The molecule has 0 aromatic heterocycles. The van der Waals surface area contributed by atoms with E-state index in [0.717, 1.165) is 25.9 Å². The lowest BCUT2D eigenvalue weighted by atomic mass is 10.1. The highest BCUT2D eigenvalue weighted by Gasteiger charge is 2.32. The molecule has 0 unspecified atom stereocenters. The number of piperidine rings is 1. The fourth-order valence-electron chi connectivity index (χ4n) is 2.76. The third-order valence-corrected chi connectivity index (χ3v) is 6.45. The van der Waals surface area contributed by atoms with Crippen molar-refractivity contribution >= 4 is 34.0 Å². The van der Waals surface area contributed by atoms with E-state index in [9.17, 15) is 8.42 Å². The largest absolute Gasteiger partial charge is 0.486 e. The van der Waals surface area contributed by atoms with Crippen molar-refractivity contribution in [3.05, 3.63) is 17.2 Å². The van der Waals surface area contributed by atoms with Gasteiger partial charge >= 0.3 is 0 Å². The van der Waals surface area contributed by atoms with Gasteiger partial charge in [0.2, 0.25) is 10.0 Å². The Balaban J connectivity index is 0.00000192. The van der Waals surface area contributed by atoms with E-state index in [1.165, 1.54) is 16.4 Å². The number of hydrogen-bond donors (Lipinski definition) is 1. The Morgan fingerprint density at radius 1 is 1.17 bits per heavy atom. The highest BCUT2D eigenvalue weighted by atomic mass is 35.5. The Hall–Kier alpha value is -0.730. The summed E-state index contributed by atoms with van der Waals surface area (Å²) in [4.78, 5) is 0.0689. The molecule has 1 N–H and O–H groups in total. The minimum absolute atomic E-state index is 0. The first-order valence-electron chi connectivity index (χ1n) is 7.28. The number of rotatable bonds is 3. The van der Waals surface area contributed by atoms with E-state index in [1.54, 1.807) is 7.05 Å². The zero-order chi connectivity index (χ0) is 15.7. The number of hydrogen-bond acceptors (Lipinski definition) is 5. The predicted molar refractivity (Wildman–Crippen MR) is 90.5 cm³/mol. The number of sulfonamides is 1. The quantitative estimate of drug-likeness (QED) is 0.864. The maximum atomic E-state index is 12.9. The molecule has 0 bridgehead atoms. The van der Waals surface area contributed by atoms with E-state index in [-0.39, 0.29) is 28.4 Å². The Morgan fingerprint density at radius 3 is 2.35 bits per heavy atom. The van der Waals surface area contributed by atoms with Crippen LogP contribution >= 0.6 is 24.0 Å². The standard InChI is InChI=1S/C14H19ClN2O4S.ClH/c1-17(10-2-4-16-5-3-10)22(18,19)14-9-13-12(8-11(14)15)20-6-7-21-13;/h8-10,16H,2-7H2,1H3;1H. The lowest BCUT2D eigenvalue weighted by Gasteiger charge is -2.31. The Kier molecular flexibility index (Phi) is 6.02. The van der Waals surface area contributed by atoms with Crippen molar-refractivity contribution in [1.82, 2.24) is 9.62 Å². The molecule has 1 aromatic rings. The second-order valence-electron chi connectivity index (χ2n) is 5.43. The zero-order valence-electron chi connectivity index (χ0n) is 12.7. The molecule has 1 fully saturated rings. The Bertz CT molecular complexity index is 663. The molecule has 130 valence electrons. The van der Waals surface area contributed by atoms with Gasteiger partial charge in [-0.1, -0.05) is 11.6 Å². The number of nitrogens with zero attached hydrogens (tertiary/aromatic N) is 1. The second kappa shape index (κ2) is 7.44. The van der Waals surface area contributed by atoms with Gasteiger partial charge < -0.3 is 14.8 Å². The van der Waals surface area contributed by atoms with Gasteiger partial charge in [-0.05, 0) is 25.9 Å². The topological polar surface area (TPSA) is 67.9 Å². The Morgan fingerprint density at radius 2 is 1.74 bits per heavy atom. The molecule has 2 heterocycles. The SMILES string of the molecule is CN(C1CCNCC1)S(=O)(=O)c1cc2c(cc1Cl)OCCO2.Cl. The first-order chi connectivity index (χ1) is 10.5. The molecule has 1 aromatic carbocycles. The molecular formula is C14H20Cl2N2O4S. The van der Waals surface area contributed by atoms with Crippen LogP contribution in [-0.2, 0) is 10.0 Å². The van der Waals surface area contributed by atoms with E-state index in [4.69, 9.17) is 21.1 Å². The van der Waals surface area contributed by atoms with Gasteiger partial charge in [0.25, 0.3) is 0 Å². The molecule has 2 aliphatic heterocycles. The van der Waals surface area contributed by atoms with Crippen molar-refractivity contribution in [2.45, 2.75) is 23.8 Å². The summed E-state index contributed by atoms with van der Waals surface area (Å²) in [5, 5.41) is 3.39. The summed E-state index contributed by atoms with van der Waals surface area (Å²) in [6.07, 6.45) is 1.58. The van der Waals surface area contributed by atoms with Crippen LogP contribution in [0.2, 0.25) is 5.02 Å². The molecule has 6 nitrogen and oxygen atoms in total. The van der Waals surface area contributed by atoms with Gasteiger partial charge in [0.15, 0.2) is 11.5 Å². The van der Waals surface area contributed by atoms with E-state index in [1.807, 2.05) is 0 Å². The smallest absolute Gasteiger partial charge is 0.244 e. The number of ether oxygens (including phenoxy) is 2. The summed E-state index contributed by atoms with van der Waals surface area (Å²) in [5.41, 5.74) is 0. The molecule has 0 spiro atoms. The van der Waals surface area contributed by atoms with E-state index < -0.39 is 10.0 Å². The van der Waals surface area contributed by atoms with E-state index in [0.29, 0.717) is 24.7 Å². The maximum Gasteiger partial charge on any atom is 0.244 e. The molecular weight excluding hydrogens is 363 g/mol. The first kappa shape index (κ1) is 18.6. The molecule has 3 rings (SSSR count). The monoisotopic (exact) mass is 382 g/mol.